The Labute approximate surface area is 154 Å². The van der Waals surface area contributed by atoms with Gasteiger partial charge in [0.1, 0.15) is 17.2 Å². The number of carbonyl (C=O) groups excluding carboxylic acids is 1. The first-order valence-electron chi connectivity index (χ1n) is 8.41. The van der Waals surface area contributed by atoms with Crippen molar-refractivity contribution in [3.63, 3.8) is 0 Å². The molecule has 136 valence electrons. The quantitative estimate of drug-likeness (QED) is 0.705. The van der Waals surface area contributed by atoms with Gasteiger partial charge in [0, 0.05) is 0 Å². The second-order valence-electron chi connectivity index (χ2n) is 6.51. The molecule has 0 saturated carbocycles. The third-order valence-electron chi connectivity index (χ3n) is 3.69. The molecule has 5 heteroatoms. The van der Waals surface area contributed by atoms with Crippen molar-refractivity contribution in [2.24, 2.45) is 0 Å². The van der Waals surface area contributed by atoms with E-state index < -0.39 is 11.6 Å². The van der Waals surface area contributed by atoms with E-state index in [1.54, 1.807) is 45.0 Å². The van der Waals surface area contributed by atoms with Crippen molar-refractivity contribution in [2.45, 2.75) is 40.2 Å². The van der Waals surface area contributed by atoms with Crippen molar-refractivity contribution in [1.29, 1.82) is 5.26 Å². The predicted octanol–water partition coefficient (Wildman–Crippen LogP) is 4.69. The van der Waals surface area contributed by atoms with Crippen LogP contribution in [-0.2, 0) is 9.53 Å². The van der Waals surface area contributed by atoms with Gasteiger partial charge in [-0.1, -0.05) is 0 Å². The van der Waals surface area contributed by atoms with E-state index in [0.29, 0.717) is 29.4 Å². The lowest BCUT2D eigenvalue weighted by atomic mass is 10.1. The molecule has 0 aromatic heterocycles. The first kappa shape index (κ1) is 19.3. The minimum atomic E-state index is -1.08. The molecule has 26 heavy (non-hydrogen) atoms. The number of benzene rings is 2. The standard InChI is InChI=1S/C21H23NO4/c1-6-24-20(23)21(4,5)26-19-8-7-17(11-15(19)3)25-18-10-14(2)9-16(12-18)13-22/h7-12H,6H2,1-5H3. The molecule has 2 rings (SSSR count). The molecule has 2 aromatic carbocycles. The van der Waals surface area contributed by atoms with Crippen molar-refractivity contribution >= 4 is 5.97 Å². The van der Waals surface area contributed by atoms with Gasteiger partial charge in [0.15, 0.2) is 5.60 Å². The Bertz CT molecular complexity index is 850. The zero-order chi connectivity index (χ0) is 19.3. The molecule has 0 heterocycles. The highest BCUT2D eigenvalue weighted by Gasteiger charge is 2.32. The van der Waals surface area contributed by atoms with Crippen LogP contribution < -0.4 is 9.47 Å². The van der Waals surface area contributed by atoms with Crippen LogP contribution in [0.1, 0.15) is 37.5 Å². The van der Waals surface area contributed by atoms with E-state index in [4.69, 9.17) is 19.5 Å². The number of nitrogens with zero attached hydrogens (tertiary/aromatic N) is 1. The summed E-state index contributed by atoms with van der Waals surface area (Å²) in [5, 5.41) is 9.06. The molecule has 0 N–H and O–H groups in total. The summed E-state index contributed by atoms with van der Waals surface area (Å²) < 4.78 is 16.7. The molecular formula is C21H23NO4. The fourth-order valence-electron chi connectivity index (χ4n) is 2.43. The molecule has 0 aliphatic rings. The minimum absolute atomic E-state index is 0.304. The first-order chi connectivity index (χ1) is 12.2. The lowest BCUT2D eigenvalue weighted by Gasteiger charge is -2.25. The van der Waals surface area contributed by atoms with E-state index in [9.17, 15) is 4.79 Å². The van der Waals surface area contributed by atoms with Gasteiger partial charge in [-0.15, -0.1) is 0 Å². The molecule has 2 aromatic rings. The maximum atomic E-state index is 12.0. The highest BCUT2D eigenvalue weighted by molar-refractivity contribution is 5.79. The Hall–Kier alpha value is -3.00. The molecule has 0 aliphatic heterocycles. The van der Waals surface area contributed by atoms with Gasteiger partial charge in [-0.2, -0.15) is 5.26 Å². The van der Waals surface area contributed by atoms with Crippen LogP contribution in [-0.4, -0.2) is 18.2 Å². The largest absolute Gasteiger partial charge is 0.476 e. The summed E-state index contributed by atoms with van der Waals surface area (Å²) in [7, 11) is 0. The third kappa shape index (κ3) is 4.76. The number of nitriles is 1. The number of aryl methyl sites for hydroxylation is 2. The van der Waals surface area contributed by atoms with Gasteiger partial charge >= 0.3 is 5.97 Å². The van der Waals surface area contributed by atoms with Gasteiger partial charge in [0.2, 0.25) is 0 Å². The summed E-state index contributed by atoms with van der Waals surface area (Å²) >= 11 is 0. The topological polar surface area (TPSA) is 68.6 Å². The fourth-order valence-corrected chi connectivity index (χ4v) is 2.43. The number of ether oxygens (including phenoxy) is 3. The van der Waals surface area contributed by atoms with Crippen molar-refractivity contribution in [2.75, 3.05) is 6.61 Å². The van der Waals surface area contributed by atoms with Gasteiger partial charge in [-0.3, -0.25) is 0 Å². The smallest absolute Gasteiger partial charge is 0.349 e. The van der Waals surface area contributed by atoms with E-state index in [-0.39, 0.29) is 0 Å². The normalized spacial score (nSPS) is 10.8. The monoisotopic (exact) mass is 353 g/mol. The van der Waals surface area contributed by atoms with Crippen LogP contribution in [0.5, 0.6) is 17.2 Å². The molecular weight excluding hydrogens is 330 g/mol. The molecule has 0 radical (unpaired) electrons. The molecule has 0 saturated heterocycles. The molecule has 0 atom stereocenters. The van der Waals surface area contributed by atoms with Gasteiger partial charge in [-0.05, 0) is 82.1 Å². The van der Waals surface area contributed by atoms with Crippen LogP contribution in [0.3, 0.4) is 0 Å². The van der Waals surface area contributed by atoms with Crippen molar-refractivity contribution in [1.82, 2.24) is 0 Å². The zero-order valence-electron chi connectivity index (χ0n) is 15.8. The number of hydrogen-bond donors (Lipinski definition) is 0. The number of hydrogen-bond acceptors (Lipinski definition) is 5. The van der Waals surface area contributed by atoms with Crippen LogP contribution in [0.4, 0.5) is 0 Å². The summed E-state index contributed by atoms with van der Waals surface area (Å²) in [6.45, 7) is 9.19. The van der Waals surface area contributed by atoms with Crippen LogP contribution in [0, 0.1) is 25.2 Å². The SMILES string of the molecule is CCOC(=O)C(C)(C)Oc1ccc(Oc2cc(C)cc(C#N)c2)cc1C. The molecule has 0 amide bonds. The van der Waals surface area contributed by atoms with E-state index in [1.807, 2.05) is 26.0 Å². The van der Waals surface area contributed by atoms with Crippen molar-refractivity contribution in [3.8, 4) is 23.3 Å². The van der Waals surface area contributed by atoms with Gasteiger partial charge in [0.25, 0.3) is 0 Å². The number of esters is 1. The summed E-state index contributed by atoms with van der Waals surface area (Å²) in [5.41, 5.74) is 1.24. The number of carbonyl (C=O) groups is 1. The summed E-state index contributed by atoms with van der Waals surface area (Å²) in [6, 6.07) is 12.8. The molecule has 5 nitrogen and oxygen atoms in total. The Morgan fingerprint density at radius 3 is 2.46 bits per heavy atom. The summed E-state index contributed by atoms with van der Waals surface area (Å²) in [6.07, 6.45) is 0. The molecule has 0 spiro atoms. The Kier molecular flexibility index (Phi) is 5.89. The second kappa shape index (κ2) is 7.92. The highest BCUT2D eigenvalue weighted by atomic mass is 16.6. The summed E-state index contributed by atoms with van der Waals surface area (Å²) in [5.74, 6) is 1.39. The second-order valence-corrected chi connectivity index (χ2v) is 6.51. The number of rotatable bonds is 6. The van der Waals surface area contributed by atoms with E-state index >= 15 is 0 Å². The fraction of sp³-hybridized carbons (Fsp3) is 0.333. The average molecular weight is 353 g/mol. The van der Waals surface area contributed by atoms with E-state index in [1.165, 1.54) is 0 Å². The molecule has 0 aliphatic carbocycles. The highest BCUT2D eigenvalue weighted by Crippen LogP contribution is 2.30. The maximum Gasteiger partial charge on any atom is 0.349 e. The molecule has 0 unspecified atom stereocenters. The minimum Gasteiger partial charge on any atom is -0.476 e. The Balaban J connectivity index is 2.18. The van der Waals surface area contributed by atoms with Crippen molar-refractivity contribution in [3.05, 3.63) is 53.1 Å². The third-order valence-corrected chi connectivity index (χ3v) is 3.69. The van der Waals surface area contributed by atoms with Crippen LogP contribution in [0.15, 0.2) is 36.4 Å². The van der Waals surface area contributed by atoms with Gasteiger partial charge in [0.05, 0.1) is 18.2 Å². The van der Waals surface area contributed by atoms with Crippen molar-refractivity contribution < 1.29 is 19.0 Å². The molecule has 0 bridgehead atoms. The van der Waals surface area contributed by atoms with Crippen LogP contribution in [0.2, 0.25) is 0 Å². The lowest BCUT2D eigenvalue weighted by molar-refractivity contribution is -0.158. The van der Waals surface area contributed by atoms with Gasteiger partial charge < -0.3 is 14.2 Å². The average Bonchev–Trinajstić information content (AvgIpc) is 2.57. The Morgan fingerprint density at radius 2 is 1.85 bits per heavy atom. The Morgan fingerprint density at radius 1 is 1.12 bits per heavy atom. The molecule has 0 fully saturated rings. The maximum absolute atomic E-state index is 12.0. The summed E-state index contributed by atoms with van der Waals surface area (Å²) in [4.78, 5) is 12.0. The first-order valence-corrected chi connectivity index (χ1v) is 8.41. The van der Waals surface area contributed by atoms with Gasteiger partial charge in [-0.25, -0.2) is 4.79 Å². The van der Waals surface area contributed by atoms with Crippen LogP contribution >= 0.6 is 0 Å². The predicted molar refractivity (Wildman–Crippen MR) is 98.5 cm³/mol. The lowest BCUT2D eigenvalue weighted by Crippen LogP contribution is -2.39. The van der Waals surface area contributed by atoms with E-state index in [2.05, 4.69) is 6.07 Å². The van der Waals surface area contributed by atoms with E-state index in [0.717, 1.165) is 11.1 Å². The zero-order valence-corrected chi connectivity index (χ0v) is 15.8. The van der Waals surface area contributed by atoms with Crippen LogP contribution in [0.25, 0.3) is 0 Å².